The van der Waals surface area contributed by atoms with Crippen LogP contribution >= 0.6 is 0 Å². The summed E-state index contributed by atoms with van der Waals surface area (Å²) < 4.78 is 10.1. The highest BCUT2D eigenvalue weighted by atomic mass is 16.5. The van der Waals surface area contributed by atoms with Crippen molar-refractivity contribution in [3.8, 4) is 0 Å². The van der Waals surface area contributed by atoms with Gasteiger partial charge in [-0.05, 0) is 26.5 Å². The number of carboxylic acids is 1. The van der Waals surface area contributed by atoms with Crippen molar-refractivity contribution in [2.45, 2.75) is 26.0 Å². The van der Waals surface area contributed by atoms with Crippen LogP contribution in [0.3, 0.4) is 0 Å². The van der Waals surface area contributed by atoms with Gasteiger partial charge in [0.15, 0.2) is 6.10 Å². The molecule has 1 atom stereocenters. The Bertz CT molecular complexity index is 323. The molecule has 0 saturated carbocycles. The van der Waals surface area contributed by atoms with Crippen LogP contribution in [0, 0.1) is 0 Å². The molecule has 5 nitrogen and oxygen atoms in total. The fourth-order valence-electron chi connectivity index (χ4n) is 1.59. The number of ether oxygens (including phenoxy) is 1. The minimum absolute atomic E-state index is 0.419. The summed E-state index contributed by atoms with van der Waals surface area (Å²) in [6.45, 7) is 3.63. The van der Waals surface area contributed by atoms with Gasteiger partial charge in [-0.15, -0.1) is 0 Å². The Morgan fingerprint density at radius 2 is 2.41 bits per heavy atom. The first-order valence-corrected chi connectivity index (χ1v) is 5.67. The van der Waals surface area contributed by atoms with Crippen LogP contribution in [-0.2, 0) is 16.1 Å². The number of aliphatic carboxylic acids is 1. The average molecular weight is 241 g/mol. The third kappa shape index (κ3) is 5.01. The van der Waals surface area contributed by atoms with Crippen molar-refractivity contribution in [1.29, 1.82) is 0 Å². The van der Waals surface area contributed by atoms with Gasteiger partial charge in [-0.3, -0.25) is 0 Å². The van der Waals surface area contributed by atoms with Gasteiger partial charge in [0, 0.05) is 25.3 Å². The lowest BCUT2D eigenvalue weighted by atomic mass is 10.2. The second-order valence-corrected chi connectivity index (χ2v) is 3.94. The summed E-state index contributed by atoms with van der Waals surface area (Å²) in [6.07, 6.45) is 3.08. The SMILES string of the molecule is CCOC(CCN(C)Cc1ccoc1)C(=O)O. The van der Waals surface area contributed by atoms with E-state index in [1.807, 2.05) is 18.0 Å². The number of furan rings is 1. The molecule has 0 aliphatic rings. The van der Waals surface area contributed by atoms with Crippen LogP contribution in [0.2, 0.25) is 0 Å². The first-order chi connectivity index (χ1) is 8.13. The van der Waals surface area contributed by atoms with E-state index in [-0.39, 0.29) is 0 Å². The fourth-order valence-corrected chi connectivity index (χ4v) is 1.59. The zero-order valence-electron chi connectivity index (χ0n) is 10.3. The predicted molar refractivity (Wildman–Crippen MR) is 62.7 cm³/mol. The summed E-state index contributed by atoms with van der Waals surface area (Å²) in [5, 5.41) is 8.92. The third-order valence-electron chi connectivity index (χ3n) is 2.45. The van der Waals surface area contributed by atoms with Crippen molar-refractivity contribution in [1.82, 2.24) is 4.90 Å². The van der Waals surface area contributed by atoms with Gasteiger partial charge in [-0.25, -0.2) is 4.79 Å². The molecule has 1 heterocycles. The van der Waals surface area contributed by atoms with Crippen LogP contribution in [0.1, 0.15) is 18.9 Å². The summed E-state index contributed by atoms with van der Waals surface area (Å²) in [4.78, 5) is 12.9. The predicted octanol–water partition coefficient (Wildman–Crippen LogP) is 1.59. The van der Waals surface area contributed by atoms with Crippen molar-refractivity contribution in [3.63, 3.8) is 0 Å². The smallest absolute Gasteiger partial charge is 0.332 e. The normalized spacial score (nSPS) is 12.9. The topological polar surface area (TPSA) is 62.9 Å². The standard InChI is InChI=1S/C12H19NO4/c1-3-17-11(12(14)15)4-6-13(2)8-10-5-7-16-9-10/h5,7,9,11H,3-4,6,8H2,1-2H3,(H,14,15). The fraction of sp³-hybridized carbons (Fsp3) is 0.583. The van der Waals surface area contributed by atoms with Crippen LogP contribution in [0.15, 0.2) is 23.0 Å². The van der Waals surface area contributed by atoms with Crippen molar-refractivity contribution in [2.75, 3.05) is 20.2 Å². The Balaban J connectivity index is 2.30. The summed E-state index contributed by atoms with van der Waals surface area (Å²) in [6, 6.07) is 1.90. The van der Waals surface area contributed by atoms with E-state index in [4.69, 9.17) is 14.3 Å². The Kier molecular flexibility index (Phi) is 5.72. The molecular formula is C12H19NO4. The molecule has 0 spiro atoms. The zero-order valence-corrected chi connectivity index (χ0v) is 10.3. The van der Waals surface area contributed by atoms with E-state index >= 15 is 0 Å². The van der Waals surface area contributed by atoms with Crippen molar-refractivity contribution in [3.05, 3.63) is 24.2 Å². The lowest BCUT2D eigenvalue weighted by Crippen LogP contribution is -2.29. The molecule has 1 aromatic heterocycles. The van der Waals surface area contributed by atoms with E-state index in [0.29, 0.717) is 19.6 Å². The monoisotopic (exact) mass is 241 g/mol. The molecule has 0 radical (unpaired) electrons. The summed E-state index contributed by atoms with van der Waals surface area (Å²) in [7, 11) is 1.94. The van der Waals surface area contributed by atoms with Gasteiger partial charge in [0.2, 0.25) is 0 Å². The number of rotatable bonds is 8. The molecule has 0 aromatic carbocycles. The van der Waals surface area contributed by atoms with E-state index in [1.54, 1.807) is 19.5 Å². The number of nitrogens with zero attached hydrogens (tertiary/aromatic N) is 1. The second kappa shape index (κ2) is 7.09. The van der Waals surface area contributed by atoms with Crippen molar-refractivity contribution < 1.29 is 19.1 Å². The highest BCUT2D eigenvalue weighted by Gasteiger charge is 2.17. The third-order valence-corrected chi connectivity index (χ3v) is 2.45. The largest absolute Gasteiger partial charge is 0.479 e. The number of carbonyl (C=O) groups is 1. The molecule has 0 amide bonds. The van der Waals surface area contributed by atoms with Crippen LogP contribution in [0.25, 0.3) is 0 Å². The van der Waals surface area contributed by atoms with Gasteiger partial charge >= 0.3 is 5.97 Å². The summed E-state index contributed by atoms with van der Waals surface area (Å²) in [5.74, 6) is -0.899. The van der Waals surface area contributed by atoms with E-state index in [9.17, 15) is 4.79 Å². The molecule has 0 aliphatic carbocycles. The van der Waals surface area contributed by atoms with E-state index in [2.05, 4.69) is 0 Å². The summed E-state index contributed by atoms with van der Waals surface area (Å²) >= 11 is 0. The van der Waals surface area contributed by atoms with Crippen LogP contribution < -0.4 is 0 Å². The van der Waals surface area contributed by atoms with E-state index in [1.165, 1.54) is 0 Å². The van der Waals surface area contributed by atoms with Crippen LogP contribution in [0.5, 0.6) is 0 Å². The zero-order chi connectivity index (χ0) is 12.7. The molecule has 0 fully saturated rings. The van der Waals surface area contributed by atoms with Gasteiger partial charge in [-0.1, -0.05) is 0 Å². The Morgan fingerprint density at radius 3 is 2.94 bits per heavy atom. The maximum Gasteiger partial charge on any atom is 0.332 e. The van der Waals surface area contributed by atoms with Crippen molar-refractivity contribution in [2.24, 2.45) is 0 Å². The average Bonchev–Trinajstić information content (AvgIpc) is 2.76. The maximum absolute atomic E-state index is 10.9. The molecule has 0 bridgehead atoms. The van der Waals surface area contributed by atoms with E-state index < -0.39 is 12.1 Å². The van der Waals surface area contributed by atoms with Crippen molar-refractivity contribution >= 4 is 5.97 Å². The van der Waals surface area contributed by atoms with Gasteiger partial charge in [-0.2, -0.15) is 0 Å². The molecule has 96 valence electrons. The number of carboxylic acid groups (broad SMARTS) is 1. The lowest BCUT2D eigenvalue weighted by molar-refractivity contribution is -0.150. The molecule has 0 saturated heterocycles. The number of hydrogen-bond donors (Lipinski definition) is 1. The van der Waals surface area contributed by atoms with Gasteiger partial charge < -0.3 is 19.2 Å². The highest BCUT2D eigenvalue weighted by Crippen LogP contribution is 2.06. The number of hydrogen-bond acceptors (Lipinski definition) is 4. The van der Waals surface area contributed by atoms with E-state index in [0.717, 1.165) is 12.1 Å². The first kappa shape index (κ1) is 13.7. The molecule has 1 unspecified atom stereocenters. The molecule has 1 aromatic rings. The Hall–Kier alpha value is -1.33. The van der Waals surface area contributed by atoms with Gasteiger partial charge in [0.1, 0.15) is 0 Å². The Labute approximate surface area is 101 Å². The van der Waals surface area contributed by atoms with Gasteiger partial charge in [0.05, 0.1) is 12.5 Å². The highest BCUT2D eigenvalue weighted by molar-refractivity contribution is 5.72. The quantitative estimate of drug-likeness (QED) is 0.748. The Morgan fingerprint density at radius 1 is 1.65 bits per heavy atom. The first-order valence-electron chi connectivity index (χ1n) is 5.67. The molecule has 5 heteroatoms. The maximum atomic E-state index is 10.9. The molecular weight excluding hydrogens is 222 g/mol. The second-order valence-electron chi connectivity index (χ2n) is 3.94. The molecule has 1 rings (SSSR count). The van der Waals surface area contributed by atoms with Gasteiger partial charge in [0.25, 0.3) is 0 Å². The molecule has 17 heavy (non-hydrogen) atoms. The minimum atomic E-state index is -0.899. The minimum Gasteiger partial charge on any atom is -0.479 e. The van der Waals surface area contributed by atoms with Crippen LogP contribution in [0.4, 0.5) is 0 Å². The molecule has 1 N–H and O–H groups in total. The lowest BCUT2D eigenvalue weighted by Gasteiger charge is -2.18. The molecule has 0 aliphatic heterocycles. The van der Waals surface area contributed by atoms with Crippen LogP contribution in [-0.4, -0.2) is 42.3 Å². The summed E-state index contributed by atoms with van der Waals surface area (Å²) in [5.41, 5.74) is 1.08.